The Morgan fingerprint density at radius 3 is 3.04 bits per heavy atom. The molecule has 1 saturated heterocycles. The quantitative estimate of drug-likeness (QED) is 0.889. The number of hydrogen-bond donors (Lipinski definition) is 2. The number of nitrogens with one attached hydrogen (secondary N) is 1. The summed E-state index contributed by atoms with van der Waals surface area (Å²) in [5.41, 5.74) is 1.05. The van der Waals surface area contributed by atoms with E-state index >= 15 is 0 Å². The van der Waals surface area contributed by atoms with Crippen LogP contribution in [0.4, 0.5) is 0 Å². The normalized spacial score (nSPS) is 26.0. The molecule has 23 heavy (non-hydrogen) atoms. The summed E-state index contributed by atoms with van der Waals surface area (Å²) in [7, 11) is 0. The SMILES string of the molecule is CC(O)C1CCCCN1CC(=O)NC1CCOc2ccccc21. The van der Waals surface area contributed by atoms with Crippen LogP contribution in [-0.2, 0) is 4.79 Å². The highest BCUT2D eigenvalue weighted by atomic mass is 16.5. The van der Waals surface area contributed by atoms with E-state index in [0.29, 0.717) is 13.2 Å². The van der Waals surface area contributed by atoms with Gasteiger partial charge in [-0.15, -0.1) is 0 Å². The molecule has 126 valence electrons. The Bertz CT molecular complexity index is 547. The van der Waals surface area contributed by atoms with Gasteiger partial charge < -0.3 is 15.2 Å². The summed E-state index contributed by atoms with van der Waals surface area (Å²) < 4.78 is 5.64. The first kappa shape index (κ1) is 16.3. The number of fused-ring (bicyclic) bond motifs is 1. The third kappa shape index (κ3) is 3.85. The molecule has 5 heteroatoms. The van der Waals surface area contributed by atoms with Gasteiger partial charge in [-0.05, 0) is 32.4 Å². The van der Waals surface area contributed by atoms with Crippen molar-refractivity contribution in [3.05, 3.63) is 29.8 Å². The average molecular weight is 318 g/mol. The molecule has 1 fully saturated rings. The van der Waals surface area contributed by atoms with E-state index in [0.717, 1.165) is 43.5 Å². The molecule has 5 nitrogen and oxygen atoms in total. The van der Waals surface area contributed by atoms with Crippen molar-refractivity contribution in [3.63, 3.8) is 0 Å². The summed E-state index contributed by atoms with van der Waals surface area (Å²) in [5.74, 6) is 0.892. The van der Waals surface area contributed by atoms with E-state index in [1.54, 1.807) is 0 Å². The van der Waals surface area contributed by atoms with Gasteiger partial charge in [-0.2, -0.15) is 0 Å². The largest absolute Gasteiger partial charge is 0.493 e. The number of likely N-dealkylation sites (tertiary alicyclic amines) is 1. The molecular formula is C18H26N2O3. The summed E-state index contributed by atoms with van der Waals surface area (Å²) in [4.78, 5) is 14.6. The maximum atomic E-state index is 12.5. The maximum Gasteiger partial charge on any atom is 0.234 e. The third-order valence-corrected chi connectivity index (χ3v) is 4.86. The van der Waals surface area contributed by atoms with Gasteiger partial charge in [0, 0.05) is 18.0 Å². The van der Waals surface area contributed by atoms with Gasteiger partial charge in [-0.25, -0.2) is 0 Å². The van der Waals surface area contributed by atoms with Crippen molar-refractivity contribution in [2.45, 2.75) is 50.8 Å². The number of benzene rings is 1. The van der Waals surface area contributed by atoms with Gasteiger partial charge in [-0.3, -0.25) is 9.69 Å². The first-order valence-corrected chi connectivity index (χ1v) is 8.58. The minimum Gasteiger partial charge on any atom is -0.493 e. The third-order valence-electron chi connectivity index (χ3n) is 4.86. The number of rotatable bonds is 4. The van der Waals surface area contributed by atoms with Crippen LogP contribution in [0.1, 0.15) is 44.2 Å². The smallest absolute Gasteiger partial charge is 0.234 e. The van der Waals surface area contributed by atoms with Crippen molar-refractivity contribution in [2.24, 2.45) is 0 Å². The van der Waals surface area contributed by atoms with E-state index in [1.165, 1.54) is 0 Å². The van der Waals surface area contributed by atoms with Gasteiger partial charge >= 0.3 is 0 Å². The highest BCUT2D eigenvalue weighted by Crippen LogP contribution is 2.31. The first-order valence-electron chi connectivity index (χ1n) is 8.58. The van der Waals surface area contributed by atoms with Gasteiger partial charge in [0.05, 0.1) is 25.3 Å². The second kappa shape index (κ2) is 7.32. The van der Waals surface area contributed by atoms with Crippen molar-refractivity contribution in [2.75, 3.05) is 19.7 Å². The molecule has 3 atom stereocenters. The molecule has 2 aliphatic rings. The molecule has 1 aromatic rings. The molecule has 0 aromatic heterocycles. The predicted octanol–water partition coefficient (Wildman–Crippen LogP) is 1.86. The number of nitrogens with zero attached hydrogens (tertiary/aromatic N) is 1. The lowest BCUT2D eigenvalue weighted by Crippen LogP contribution is -2.50. The Morgan fingerprint density at radius 2 is 2.22 bits per heavy atom. The Labute approximate surface area is 137 Å². The summed E-state index contributed by atoms with van der Waals surface area (Å²) in [6.45, 7) is 3.68. The number of carbonyl (C=O) groups is 1. The van der Waals surface area contributed by atoms with E-state index in [9.17, 15) is 9.90 Å². The lowest BCUT2D eigenvalue weighted by molar-refractivity contribution is -0.124. The fourth-order valence-electron chi connectivity index (χ4n) is 3.68. The minimum absolute atomic E-state index is 0.0160. The maximum absolute atomic E-state index is 12.5. The zero-order valence-electron chi connectivity index (χ0n) is 13.7. The van der Waals surface area contributed by atoms with Gasteiger partial charge in [0.25, 0.3) is 0 Å². The molecule has 0 aliphatic carbocycles. The number of aliphatic hydroxyl groups is 1. The fourth-order valence-corrected chi connectivity index (χ4v) is 3.68. The van der Waals surface area contributed by atoms with Crippen molar-refractivity contribution >= 4 is 5.91 Å². The molecule has 0 radical (unpaired) electrons. The number of aliphatic hydroxyl groups excluding tert-OH is 1. The monoisotopic (exact) mass is 318 g/mol. The second-order valence-corrected chi connectivity index (χ2v) is 6.57. The van der Waals surface area contributed by atoms with Crippen LogP contribution in [0.15, 0.2) is 24.3 Å². The Kier molecular flexibility index (Phi) is 5.18. The Morgan fingerprint density at radius 1 is 1.39 bits per heavy atom. The Balaban J connectivity index is 1.61. The summed E-state index contributed by atoms with van der Waals surface area (Å²) in [6.07, 6.45) is 3.58. The molecule has 2 heterocycles. The van der Waals surface area contributed by atoms with Crippen LogP contribution >= 0.6 is 0 Å². The molecular weight excluding hydrogens is 292 g/mol. The highest BCUT2D eigenvalue weighted by molar-refractivity contribution is 5.78. The molecule has 0 spiro atoms. The van der Waals surface area contributed by atoms with Crippen LogP contribution in [0.2, 0.25) is 0 Å². The van der Waals surface area contributed by atoms with Crippen molar-refractivity contribution in [1.82, 2.24) is 10.2 Å². The standard InChI is InChI=1S/C18H26N2O3/c1-13(21)16-7-4-5-10-20(16)12-18(22)19-15-9-11-23-17-8-3-2-6-14(15)17/h2-3,6,8,13,15-16,21H,4-5,7,9-12H2,1H3,(H,19,22). The van der Waals surface area contributed by atoms with E-state index in [2.05, 4.69) is 10.2 Å². The Hall–Kier alpha value is -1.59. The lowest BCUT2D eigenvalue weighted by Gasteiger charge is -2.37. The fraction of sp³-hybridized carbons (Fsp3) is 0.611. The number of piperidine rings is 1. The van der Waals surface area contributed by atoms with Crippen molar-refractivity contribution in [1.29, 1.82) is 0 Å². The number of amides is 1. The van der Waals surface area contributed by atoms with Crippen LogP contribution in [0.25, 0.3) is 0 Å². The highest BCUT2D eigenvalue weighted by Gasteiger charge is 2.29. The zero-order valence-corrected chi connectivity index (χ0v) is 13.7. The molecule has 3 unspecified atom stereocenters. The first-order chi connectivity index (χ1) is 11.1. The predicted molar refractivity (Wildman–Crippen MR) is 88.3 cm³/mol. The summed E-state index contributed by atoms with van der Waals surface area (Å²) in [6, 6.07) is 7.99. The molecule has 2 N–H and O–H groups in total. The van der Waals surface area contributed by atoms with Crippen LogP contribution in [0, 0.1) is 0 Å². The van der Waals surface area contributed by atoms with E-state index in [4.69, 9.17) is 4.74 Å². The van der Waals surface area contributed by atoms with Crippen LogP contribution < -0.4 is 10.1 Å². The van der Waals surface area contributed by atoms with Crippen molar-refractivity contribution in [3.8, 4) is 5.75 Å². The van der Waals surface area contributed by atoms with E-state index in [-0.39, 0.29) is 18.0 Å². The summed E-state index contributed by atoms with van der Waals surface area (Å²) in [5, 5.41) is 13.1. The molecule has 1 amide bonds. The molecule has 2 aliphatic heterocycles. The summed E-state index contributed by atoms with van der Waals surface area (Å²) >= 11 is 0. The lowest BCUT2D eigenvalue weighted by atomic mass is 9.98. The number of hydrogen-bond acceptors (Lipinski definition) is 4. The van der Waals surface area contributed by atoms with Gasteiger partial charge in [0.2, 0.25) is 5.91 Å². The molecule has 1 aromatic carbocycles. The molecule has 0 bridgehead atoms. The van der Waals surface area contributed by atoms with E-state index in [1.807, 2.05) is 31.2 Å². The molecule has 0 saturated carbocycles. The van der Waals surface area contributed by atoms with Gasteiger partial charge in [0.15, 0.2) is 0 Å². The van der Waals surface area contributed by atoms with Crippen LogP contribution in [0.3, 0.4) is 0 Å². The topological polar surface area (TPSA) is 61.8 Å². The second-order valence-electron chi connectivity index (χ2n) is 6.57. The van der Waals surface area contributed by atoms with E-state index < -0.39 is 6.10 Å². The van der Waals surface area contributed by atoms with Crippen LogP contribution in [-0.4, -0.2) is 47.8 Å². The minimum atomic E-state index is -0.396. The number of para-hydroxylation sites is 1. The van der Waals surface area contributed by atoms with Gasteiger partial charge in [0.1, 0.15) is 5.75 Å². The zero-order chi connectivity index (χ0) is 16.2. The molecule has 3 rings (SSSR count). The average Bonchev–Trinajstić information content (AvgIpc) is 2.55. The van der Waals surface area contributed by atoms with Crippen molar-refractivity contribution < 1.29 is 14.6 Å². The number of carbonyl (C=O) groups excluding carboxylic acids is 1. The van der Waals surface area contributed by atoms with Crippen LogP contribution in [0.5, 0.6) is 5.75 Å². The van der Waals surface area contributed by atoms with Gasteiger partial charge in [-0.1, -0.05) is 24.6 Å². The number of ether oxygens (including phenoxy) is 1.